The summed E-state index contributed by atoms with van der Waals surface area (Å²) in [7, 11) is 0. The number of furan rings is 1. The first-order chi connectivity index (χ1) is 13.0. The van der Waals surface area contributed by atoms with Crippen LogP contribution in [0.25, 0.3) is 11.3 Å². The molecule has 1 amide bonds. The third kappa shape index (κ3) is 5.32. The Labute approximate surface area is 164 Å². The highest BCUT2D eigenvalue weighted by atomic mass is 35.5. The molecule has 27 heavy (non-hydrogen) atoms. The zero-order valence-corrected chi connectivity index (χ0v) is 15.4. The molecule has 0 aliphatic rings. The minimum atomic E-state index is -0.355. The van der Waals surface area contributed by atoms with Crippen LogP contribution >= 0.6 is 23.2 Å². The molecule has 0 bridgehead atoms. The third-order valence-corrected chi connectivity index (χ3v) is 4.25. The van der Waals surface area contributed by atoms with Gasteiger partial charge in [-0.15, -0.1) is 0 Å². The molecule has 0 aliphatic heterocycles. The minimum Gasteiger partial charge on any atom is -0.455 e. The highest BCUT2D eigenvalue weighted by molar-refractivity contribution is 6.42. The molecular weight excluding hydrogens is 392 g/mol. The predicted octanol–water partition coefficient (Wildman–Crippen LogP) is 4.95. The van der Waals surface area contributed by atoms with Crippen molar-refractivity contribution in [2.45, 2.75) is 0 Å². The molecule has 0 spiro atoms. The maximum atomic E-state index is 12.8. The Kier molecular flexibility index (Phi) is 6.11. The number of hydrogen-bond donors (Lipinski definition) is 2. The topological polar surface area (TPSA) is 66.6 Å². The summed E-state index contributed by atoms with van der Waals surface area (Å²) in [6, 6.07) is 14.3. The van der Waals surface area contributed by atoms with Crippen LogP contribution in [-0.4, -0.2) is 18.7 Å². The largest absolute Gasteiger partial charge is 0.455 e. The van der Waals surface area contributed by atoms with E-state index in [2.05, 4.69) is 15.8 Å². The molecule has 0 saturated carbocycles. The van der Waals surface area contributed by atoms with Gasteiger partial charge in [-0.05, 0) is 54.6 Å². The Morgan fingerprint density at radius 2 is 1.85 bits per heavy atom. The van der Waals surface area contributed by atoms with Gasteiger partial charge in [0.2, 0.25) is 0 Å². The highest BCUT2D eigenvalue weighted by Crippen LogP contribution is 2.29. The van der Waals surface area contributed by atoms with E-state index in [4.69, 9.17) is 27.6 Å². The van der Waals surface area contributed by atoms with Gasteiger partial charge >= 0.3 is 0 Å². The van der Waals surface area contributed by atoms with E-state index in [-0.39, 0.29) is 18.3 Å². The van der Waals surface area contributed by atoms with Crippen LogP contribution in [0.2, 0.25) is 10.0 Å². The van der Waals surface area contributed by atoms with Gasteiger partial charge < -0.3 is 9.73 Å². The van der Waals surface area contributed by atoms with Gasteiger partial charge in [0.05, 0.1) is 22.8 Å². The van der Waals surface area contributed by atoms with Gasteiger partial charge in [0.1, 0.15) is 17.3 Å². The number of carbonyl (C=O) groups is 1. The van der Waals surface area contributed by atoms with Crippen LogP contribution in [0.15, 0.2) is 64.1 Å². The first-order valence-electron chi connectivity index (χ1n) is 7.88. The Morgan fingerprint density at radius 3 is 2.59 bits per heavy atom. The number of hydrogen-bond acceptors (Lipinski definition) is 4. The Bertz CT molecular complexity index is 971. The molecule has 0 fully saturated rings. The maximum absolute atomic E-state index is 12.8. The molecular formula is C19H14Cl2FN3O2. The monoisotopic (exact) mass is 405 g/mol. The average molecular weight is 406 g/mol. The standard InChI is InChI=1S/C19H14Cl2FN3O2/c20-16-7-1-12(9-17(16)21)18-8-6-15(27-18)10-24-25-19(26)11-23-14-4-2-13(22)3-5-14/h1-10,23H,11H2,(H,25,26)/b24-10-. The van der Waals surface area contributed by atoms with Crippen molar-refractivity contribution in [1.29, 1.82) is 0 Å². The number of rotatable bonds is 6. The molecule has 3 rings (SSSR count). The second-order valence-corrected chi connectivity index (χ2v) is 6.30. The molecule has 5 nitrogen and oxygen atoms in total. The van der Waals surface area contributed by atoms with Gasteiger partial charge in [-0.3, -0.25) is 4.79 Å². The molecule has 1 aromatic heterocycles. The molecule has 1 heterocycles. The van der Waals surface area contributed by atoms with Crippen LogP contribution in [0.3, 0.4) is 0 Å². The quantitative estimate of drug-likeness (QED) is 0.450. The Balaban J connectivity index is 1.52. The second-order valence-electron chi connectivity index (χ2n) is 5.48. The van der Waals surface area contributed by atoms with Gasteiger partial charge in [-0.1, -0.05) is 23.2 Å². The van der Waals surface area contributed by atoms with E-state index in [1.54, 1.807) is 42.5 Å². The number of carbonyl (C=O) groups excluding carboxylic acids is 1. The van der Waals surface area contributed by atoms with E-state index < -0.39 is 0 Å². The van der Waals surface area contributed by atoms with Crippen molar-refractivity contribution in [3.05, 3.63) is 76.2 Å². The summed E-state index contributed by atoms with van der Waals surface area (Å²) in [6.45, 7) is -0.00431. The number of nitrogens with zero attached hydrogens (tertiary/aromatic N) is 1. The first-order valence-corrected chi connectivity index (χ1v) is 8.63. The average Bonchev–Trinajstić information content (AvgIpc) is 3.12. The van der Waals surface area contributed by atoms with Crippen LogP contribution in [0.4, 0.5) is 10.1 Å². The molecule has 0 atom stereocenters. The molecule has 0 radical (unpaired) electrons. The molecule has 0 unspecified atom stereocenters. The fraction of sp³-hybridized carbons (Fsp3) is 0.0526. The van der Waals surface area contributed by atoms with Crippen LogP contribution < -0.4 is 10.7 Å². The zero-order valence-electron chi connectivity index (χ0n) is 13.9. The number of nitrogens with one attached hydrogen (secondary N) is 2. The van der Waals surface area contributed by atoms with Crippen LogP contribution in [0.1, 0.15) is 5.76 Å². The van der Waals surface area contributed by atoms with Gasteiger partial charge in [-0.2, -0.15) is 5.10 Å². The van der Waals surface area contributed by atoms with Crippen LogP contribution in [-0.2, 0) is 4.79 Å². The van der Waals surface area contributed by atoms with Crippen LogP contribution in [0.5, 0.6) is 0 Å². The predicted molar refractivity (Wildman–Crippen MR) is 105 cm³/mol. The summed E-state index contributed by atoms with van der Waals surface area (Å²) in [5.74, 6) is 0.363. The summed E-state index contributed by atoms with van der Waals surface area (Å²) in [4.78, 5) is 11.8. The van der Waals surface area contributed by atoms with E-state index in [0.29, 0.717) is 27.3 Å². The number of anilines is 1. The summed E-state index contributed by atoms with van der Waals surface area (Å²) in [6.07, 6.45) is 1.39. The number of benzene rings is 2. The number of hydrazone groups is 1. The van der Waals surface area contributed by atoms with Crippen molar-refractivity contribution in [2.75, 3.05) is 11.9 Å². The molecule has 3 aromatic rings. The normalized spacial score (nSPS) is 10.9. The first kappa shape index (κ1) is 18.9. The zero-order chi connectivity index (χ0) is 19.2. The highest BCUT2D eigenvalue weighted by Gasteiger charge is 2.06. The van der Waals surface area contributed by atoms with Crippen molar-refractivity contribution in [2.24, 2.45) is 5.10 Å². The summed E-state index contributed by atoms with van der Waals surface area (Å²) in [5.41, 5.74) is 3.78. The third-order valence-electron chi connectivity index (χ3n) is 3.51. The van der Waals surface area contributed by atoms with Crippen molar-refractivity contribution in [3.8, 4) is 11.3 Å². The van der Waals surface area contributed by atoms with Crippen molar-refractivity contribution < 1.29 is 13.6 Å². The van der Waals surface area contributed by atoms with Gasteiger partial charge in [0.25, 0.3) is 5.91 Å². The Hall–Kier alpha value is -2.83. The van der Waals surface area contributed by atoms with E-state index in [1.165, 1.54) is 18.3 Å². The fourth-order valence-corrected chi connectivity index (χ4v) is 2.48. The molecule has 2 N–H and O–H groups in total. The van der Waals surface area contributed by atoms with Gasteiger partial charge in [-0.25, -0.2) is 9.82 Å². The van der Waals surface area contributed by atoms with Gasteiger partial charge in [0.15, 0.2) is 0 Å². The minimum absolute atomic E-state index is 0.00431. The van der Waals surface area contributed by atoms with Gasteiger partial charge in [0, 0.05) is 11.3 Å². The SMILES string of the molecule is O=C(CNc1ccc(F)cc1)N/N=C\c1ccc(-c2ccc(Cl)c(Cl)c2)o1. The smallest absolute Gasteiger partial charge is 0.259 e. The van der Waals surface area contributed by atoms with E-state index >= 15 is 0 Å². The fourth-order valence-electron chi connectivity index (χ4n) is 2.18. The number of amides is 1. The molecule has 2 aromatic carbocycles. The maximum Gasteiger partial charge on any atom is 0.259 e. The number of halogens is 3. The second kappa shape index (κ2) is 8.70. The summed E-state index contributed by atoms with van der Waals surface area (Å²) >= 11 is 11.9. The summed E-state index contributed by atoms with van der Waals surface area (Å²) in [5, 5.41) is 7.59. The lowest BCUT2D eigenvalue weighted by atomic mass is 10.2. The molecule has 0 saturated heterocycles. The lowest BCUT2D eigenvalue weighted by Crippen LogP contribution is -2.25. The van der Waals surface area contributed by atoms with Crippen LogP contribution in [0, 0.1) is 5.82 Å². The van der Waals surface area contributed by atoms with E-state index in [1.807, 2.05) is 0 Å². The molecule has 138 valence electrons. The van der Waals surface area contributed by atoms with Crippen molar-refractivity contribution in [3.63, 3.8) is 0 Å². The molecule has 0 aliphatic carbocycles. The van der Waals surface area contributed by atoms with E-state index in [0.717, 1.165) is 5.56 Å². The van der Waals surface area contributed by atoms with Crippen molar-refractivity contribution in [1.82, 2.24) is 5.43 Å². The lowest BCUT2D eigenvalue weighted by molar-refractivity contribution is -0.119. The Morgan fingerprint density at radius 1 is 1.07 bits per heavy atom. The molecule has 8 heteroatoms. The van der Waals surface area contributed by atoms with Crippen molar-refractivity contribution >= 4 is 41.0 Å². The summed E-state index contributed by atoms with van der Waals surface area (Å²) < 4.78 is 18.4. The van der Waals surface area contributed by atoms with E-state index in [9.17, 15) is 9.18 Å². The lowest BCUT2D eigenvalue weighted by Gasteiger charge is -2.04.